The Labute approximate surface area is 114 Å². The van der Waals surface area contributed by atoms with Crippen LogP contribution in [0.2, 0.25) is 0 Å². The molecular formula is C13H15N3O4. The number of nitrogens with two attached hydrogens (primary N) is 1. The van der Waals surface area contributed by atoms with E-state index in [4.69, 9.17) is 10.8 Å². The number of rotatable bonds is 5. The van der Waals surface area contributed by atoms with E-state index >= 15 is 0 Å². The van der Waals surface area contributed by atoms with E-state index in [1.807, 2.05) is 0 Å². The highest BCUT2D eigenvalue weighted by molar-refractivity contribution is 5.86. The molecule has 106 valence electrons. The van der Waals surface area contributed by atoms with Crippen LogP contribution in [0.25, 0.3) is 11.3 Å². The maximum atomic E-state index is 10.8. The number of carbonyl (C=O) groups is 1. The number of aliphatic hydroxyl groups excluding tert-OH is 2. The molecule has 2 atom stereocenters. The lowest BCUT2D eigenvalue weighted by molar-refractivity contribution is 0.0243. The molecule has 1 aromatic carbocycles. The summed E-state index contributed by atoms with van der Waals surface area (Å²) < 4.78 is 0. The minimum absolute atomic E-state index is 0.00247. The second-order valence-electron chi connectivity index (χ2n) is 4.34. The number of H-pyrrole nitrogens is 1. The Morgan fingerprint density at radius 3 is 2.45 bits per heavy atom. The summed E-state index contributed by atoms with van der Waals surface area (Å²) in [5, 5.41) is 34.4. The maximum Gasteiger partial charge on any atom is 0.353 e. The van der Waals surface area contributed by atoms with Crippen molar-refractivity contribution in [3.63, 3.8) is 0 Å². The molecule has 1 heterocycles. The lowest BCUT2D eigenvalue weighted by Gasteiger charge is -2.16. The smallest absolute Gasteiger partial charge is 0.353 e. The van der Waals surface area contributed by atoms with E-state index in [0.29, 0.717) is 16.8 Å². The van der Waals surface area contributed by atoms with Crippen molar-refractivity contribution in [3.05, 3.63) is 41.6 Å². The van der Waals surface area contributed by atoms with Crippen LogP contribution in [0.1, 0.15) is 22.2 Å². The van der Waals surface area contributed by atoms with Gasteiger partial charge >= 0.3 is 5.97 Å². The van der Waals surface area contributed by atoms with Crippen LogP contribution in [0.4, 0.5) is 0 Å². The fraction of sp³-hybridized carbons (Fsp3) is 0.231. The van der Waals surface area contributed by atoms with Gasteiger partial charge in [0.2, 0.25) is 0 Å². The first kappa shape index (κ1) is 14.2. The fourth-order valence-electron chi connectivity index (χ4n) is 1.78. The molecule has 0 saturated carbocycles. The third-order valence-corrected chi connectivity index (χ3v) is 2.96. The lowest BCUT2D eigenvalue weighted by Crippen LogP contribution is -2.27. The SMILES string of the molecule is NCC(O)C(O)c1ccc(-c2cc(C(=O)O)[nH]n2)cc1. The van der Waals surface area contributed by atoms with Gasteiger partial charge in [0.05, 0.1) is 11.8 Å². The van der Waals surface area contributed by atoms with E-state index in [2.05, 4.69) is 10.2 Å². The average Bonchev–Trinajstić information content (AvgIpc) is 2.96. The van der Waals surface area contributed by atoms with E-state index in [0.717, 1.165) is 0 Å². The molecule has 2 rings (SSSR count). The number of aromatic amines is 1. The van der Waals surface area contributed by atoms with Gasteiger partial charge < -0.3 is 21.1 Å². The van der Waals surface area contributed by atoms with Crippen LogP contribution in [-0.4, -0.2) is 44.1 Å². The Balaban J connectivity index is 2.21. The van der Waals surface area contributed by atoms with Crippen molar-refractivity contribution in [3.8, 4) is 11.3 Å². The summed E-state index contributed by atoms with van der Waals surface area (Å²) in [6.45, 7) is -0.0374. The van der Waals surface area contributed by atoms with Crippen LogP contribution in [0.5, 0.6) is 0 Å². The van der Waals surface area contributed by atoms with Crippen LogP contribution in [0, 0.1) is 0 Å². The van der Waals surface area contributed by atoms with Crippen molar-refractivity contribution >= 4 is 5.97 Å². The summed E-state index contributed by atoms with van der Waals surface area (Å²) in [6, 6.07) is 8.05. The average molecular weight is 277 g/mol. The van der Waals surface area contributed by atoms with Crippen molar-refractivity contribution in [2.24, 2.45) is 5.73 Å². The van der Waals surface area contributed by atoms with Crippen LogP contribution >= 0.6 is 0 Å². The molecule has 6 N–H and O–H groups in total. The molecular weight excluding hydrogens is 262 g/mol. The molecule has 7 nitrogen and oxygen atoms in total. The van der Waals surface area contributed by atoms with Gasteiger partial charge in [-0.05, 0) is 11.6 Å². The number of nitrogens with zero attached hydrogens (tertiary/aromatic N) is 1. The molecule has 0 aliphatic heterocycles. The second-order valence-corrected chi connectivity index (χ2v) is 4.34. The van der Waals surface area contributed by atoms with E-state index in [-0.39, 0.29) is 12.2 Å². The highest BCUT2D eigenvalue weighted by Crippen LogP contribution is 2.22. The van der Waals surface area contributed by atoms with Crippen molar-refractivity contribution in [1.29, 1.82) is 0 Å². The Morgan fingerprint density at radius 2 is 1.95 bits per heavy atom. The molecule has 0 fully saturated rings. The van der Waals surface area contributed by atoms with Crippen molar-refractivity contribution < 1.29 is 20.1 Å². The number of hydrogen-bond acceptors (Lipinski definition) is 5. The highest BCUT2D eigenvalue weighted by atomic mass is 16.4. The largest absolute Gasteiger partial charge is 0.477 e. The van der Waals surface area contributed by atoms with Crippen molar-refractivity contribution in [2.75, 3.05) is 6.54 Å². The summed E-state index contributed by atoms with van der Waals surface area (Å²) in [5.41, 5.74) is 7.00. The third-order valence-electron chi connectivity index (χ3n) is 2.96. The minimum atomic E-state index is -1.08. The second kappa shape index (κ2) is 5.83. The Bertz CT molecular complexity index is 594. The number of aromatic nitrogens is 2. The first-order valence-electron chi connectivity index (χ1n) is 5.98. The number of hydrogen-bond donors (Lipinski definition) is 5. The van der Waals surface area contributed by atoms with Gasteiger partial charge in [0.25, 0.3) is 0 Å². The molecule has 2 aromatic rings. The molecule has 0 bridgehead atoms. The molecule has 0 saturated heterocycles. The normalized spacial score (nSPS) is 13.9. The molecule has 0 spiro atoms. The zero-order valence-corrected chi connectivity index (χ0v) is 10.5. The zero-order chi connectivity index (χ0) is 14.7. The predicted octanol–water partition coefficient (Wildman–Crippen LogP) is 0.128. The Kier molecular flexibility index (Phi) is 4.14. The maximum absolute atomic E-state index is 10.8. The summed E-state index contributed by atoms with van der Waals surface area (Å²) in [6.07, 6.45) is -2.08. The van der Waals surface area contributed by atoms with Gasteiger partial charge in [-0.3, -0.25) is 5.10 Å². The number of aliphatic hydroxyl groups is 2. The van der Waals surface area contributed by atoms with Gasteiger partial charge in [-0.15, -0.1) is 0 Å². The number of carboxylic acids is 1. The molecule has 0 aliphatic carbocycles. The summed E-state index contributed by atoms with van der Waals surface area (Å²) in [5.74, 6) is -1.08. The summed E-state index contributed by atoms with van der Waals surface area (Å²) >= 11 is 0. The number of aromatic carboxylic acids is 1. The number of carboxylic acid groups (broad SMARTS) is 1. The number of nitrogens with one attached hydrogen (secondary N) is 1. The van der Waals surface area contributed by atoms with Crippen LogP contribution in [0.15, 0.2) is 30.3 Å². The predicted molar refractivity (Wildman–Crippen MR) is 71.0 cm³/mol. The van der Waals surface area contributed by atoms with Gasteiger partial charge in [0.15, 0.2) is 0 Å². The topological polar surface area (TPSA) is 132 Å². The van der Waals surface area contributed by atoms with E-state index in [1.165, 1.54) is 6.07 Å². The first-order valence-corrected chi connectivity index (χ1v) is 5.98. The zero-order valence-electron chi connectivity index (χ0n) is 10.5. The van der Waals surface area contributed by atoms with Gasteiger partial charge in [-0.1, -0.05) is 24.3 Å². The Hall–Kier alpha value is -2.22. The fourth-order valence-corrected chi connectivity index (χ4v) is 1.78. The van der Waals surface area contributed by atoms with Crippen LogP contribution < -0.4 is 5.73 Å². The van der Waals surface area contributed by atoms with Crippen molar-refractivity contribution in [2.45, 2.75) is 12.2 Å². The molecule has 0 radical (unpaired) electrons. The number of benzene rings is 1. The van der Waals surface area contributed by atoms with Gasteiger partial charge in [0.1, 0.15) is 11.8 Å². The summed E-state index contributed by atoms with van der Waals surface area (Å²) in [7, 11) is 0. The minimum Gasteiger partial charge on any atom is -0.477 e. The van der Waals surface area contributed by atoms with E-state index in [1.54, 1.807) is 24.3 Å². The monoisotopic (exact) mass is 277 g/mol. The Morgan fingerprint density at radius 1 is 1.30 bits per heavy atom. The molecule has 20 heavy (non-hydrogen) atoms. The first-order chi connectivity index (χ1) is 9.52. The van der Waals surface area contributed by atoms with Gasteiger partial charge in [-0.2, -0.15) is 5.10 Å². The molecule has 1 aromatic heterocycles. The lowest BCUT2D eigenvalue weighted by atomic mass is 10.0. The van der Waals surface area contributed by atoms with Crippen LogP contribution in [-0.2, 0) is 0 Å². The van der Waals surface area contributed by atoms with Crippen LogP contribution in [0.3, 0.4) is 0 Å². The molecule has 2 unspecified atom stereocenters. The van der Waals surface area contributed by atoms with Crippen molar-refractivity contribution in [1.82, 2.24) is 10.2 Å². The highest BCUT2D eigenvalue weighted by Gasteiger charge is 2.17. The van der Waals surface area contributed by atoms with E-state index in [9.17, 15) is 15.0 Å². The standard InChI is InChI=1S/C13H15N3O4/c14-6-11(17)12(18)8-3-1-7(2-4-8)9-5-10(13(19)20)16-15-9/h1-5,11-12,17-18H,6,14H2,(H,15,16)(H,19,20). The third kappa shape index (κ3) is 2.85. The quantitative estimate of drug-likeness (QED) is 0.527. The molecule has 7 heteroatoms. The summed E-state index contributed by atoms with van der Waals surface area (Å²) in [4.78, 5) is 10.8. The molecule has 0 aliphatic rings. The van der Waals surface area contributed by atoms with E-state index < -0.39 is 18.2 Å². The van der Waals surface area contributed by atoms with Gasteiger partial charge in [-0.25, -0.2) is 4.79 Å². The molecule has 0 amide bonds. The van der Waals surface area contributed by atoms with Gasteiger partial charge in [0, 0.05) is 12.1 Å².